The SMILES string of the molecule is CC(C)CC1NC2(CC2)C(=O)N1CC(C)N(C)C. The maximum Gasteiger partial charge on any atom is 0.244 e. The molecular weight excluding hydrogens is 226 g/mol. The van der Waals surface area contributed by atoms with Crippen molar-refractivity contribution in [3.63, 3.8) is 0 Å². The Labute approximate surface area is 111 Å². The molecule has 0 aromatic carbocycles. The van der Waals surface area contributed by atoms with E-state index in [1.54, 1.807) is 0 Å². The van der Waals surface area contributed by atoms with E-state index in [4.69, 9.17) is 0 Å². The van der Waals surface area contributed by atoms with Crippen LogP contribution in [0, 0.1) is 5.92 Å². The molecule has 4 heteroatoms. The van der Waals surface area contributed by atoms with Crippen LogP contribution in [-0.2, 0) is 4.79 Å². The Morgan fingerprint density at radius 1 is 1.39 bits per heavy atom. The summed E-state index contributed by atoms with van der Waals surface area (Å²) in [6.07, 6.45) is 3.33. The van der Waals surface area contributed by atoms with Gasteiger partial charge in [-0.3, -0.25) is 10.1 Å². The molecular formula is C14H27N3O. The van der Waals surface area contributed by atoms with Crippen LogP contribution in [0.1, 0.15) is 40.0 Å². The molecule has 0 bridgehead atoms. The number of hydrogen-bond acceptors (Lipinski definition) is 3. The summed E-state index contributed by atoms with van der Waals surface area (Å²) in [5, 5.41) is 3.57. The third kappa shape index (κ3) is 2.54. The maximum atomic E-state index is 12.5. The van der Waals surface area contributed by atoms with Gasteiger partial charge in [0.15, 0.2) is 0 Å². The quantitative estimate of drug-likeness (QED) is 0.801. The predicted octanol–water partition coefficient (Wildman–Crippen LogP) is 1.27. The number of carbonyl (C=O) groups excluding carboxylic acids is 1. The second-order valence-corrected chi connectivity index (χ2v) is 6.64. The average Bonchev–Trinajstić information content (AvgIpc) is 2.99. The van der Waals surface area contributed by atoms with Gasteiger partial charge in [-0.15, -0.1) is 0 Å². The molecule has 104 valence electrons. The summed E-state index contributed by atoms with van der Waals surface area (Å²) in [5.74, 6) is 0.947. The highest BCUT2D eigenvalue weighted by atomic mass is 16.2. The highest BCUT2D eigenvalue weighted by Gasteiger charge is 2.58. The average molecular weight is 253 g/mol. The van der Waals surface area contributed by atoms with E-state index in [-0.39, 0.29) is 11.7 Å². The van der Waals surface area contributed by atoms with Gasteiger partial charge in [-0.1, -0.05) is 13.8 Å². The molecule has 1 aliphatic heterocycles. The largest absolute Gasteiger partial charge is 0.324 e. The van der Waals surface area contributed by atoms with Crippen molar-refractivity contribution in [3.8, 4) is 0 Å². The monoisotopic (exact) mass is 253 g/mol. The number of nitrogens with one attached hydrogen (secondary N) is 1. The summed E-state index contributed by atoms with van der Waals surface area (Å²) in [6, 6.07) is 0.402. The van der Waals surface area contributed by atoms with Crippen LogP contribution >= 0.6 is 0 Å². The van der Waals surface area contributed by atoms with Crippen molar-refractivity contribution in [2.45, 2.75) is 57.8 Å². The first kappa shape index (κ1) is 13.8. The number of nitrogens with zero attached hydrogens (tertiary/aromatic N) is 2. The summed E-state index contributed by atoms with van der Waals surface area (Å²) in [4.78, 5) is 16.7. The third-order valence-corrected chi connectivity index (χ3v) is 4.28. The molecule has 2 rings (SSSR count). The van der Waals surface area contributed by atoms with Gasteiger partial charge < -0.3 is 9.80 Å². The lowest BCUT2D eigenvalue weighted by atomic mass is 10.1. The fourth-order valence-electron chi connectivity index (χ4n) is 2.65. The number of rotatable bonds is 5. The van der Waals surface area contributed by atoms with E-state index in [9.17, 15) is 4.79 Å². The summed E-state index contributed by atoms with van der Waals surface area (Å²) in [7, 11) is 4.14. The lowest BCUT2D eigenvalue weighted by Crippen LogP contribution is -2.45. The Morgan fingerprint density at radius 3 is 2.44 bits per heavy atom. The molecule has 2 atom stereocenters. The van der Waals surface area contributed by atoms with Crippen molar-refractivity contribution in [1.29, 1.82) is 0 Å². The third-order valence-electron chi connectivity index (χ3n) is 4.28. The van der Waals surface area contributed by atoms with Gasteiger partial charge in [0, 0.05) is 12.6 Å². The Bertz CT molecular complexity index is 323. The zero-order chi connectivity index (χ0) is 13.5. The molecule has 1 amide bonds. The van der Waals surface area contributed by atoms with Crippen LogP contribution in [0.25, 0.3) is 0 Å². The lowest BCUT2D eigenvalue weighted by Gasteiger charge is -2.30. The van der Waals surface area contributed by atoms with Gasteiger partial charge in [-0.05, 0) is 46.2 Å². The minimum absolute atomic E-state index is 0.175. The minimum atomic E-state index is -0.175. The molecule has 2 unspecified atom stereocenters. The molecule has 1 saturated carbocycles. The van der Waals surface area contributed by atoms with Gasteiger partial charge in [-0.2, -0.15) is 0 Å². The summed E-state index contributed by atoms with van der Waals surface area (Å²) < 4.78 is 0. The molecule has 0 aromatic rings. The number of likely N-dealkylation sites (N-methyl/N-ethyl adjacent to an activating group) is 1. The fourth-order valence-corrected chi connectivity index (χ4v) is 2.65. The van der Waals surface area contributed by atoms with Gasteiger partial charge in [0.05, 0.1) is 11.7 Å². The molecule has 2 aliphatic rings. The first-order valence-electron chi connectivity index (χ1n) is 7.11. The molecule has 0 radical (unpaired) electrons. The smallest absolute Gasteiger partial charge is 0.244 e. The number of amides is 1. The van der Waals surface area contributed by atoms with E-state index in [0.717, 1.165) is 25.8 Å². The van der Waals surface area contributed by atoms with Gasteiger partial charge in [-0.25, -0.2) is 0 Å². The molecule has 1 N–H and O–H groups in total. The molecule has 0 aromatic heterocycles. The fraction of sp³-hybridized carbons (Fsp3) is 0.929. The molecule has 1 aliphatic carbocycles. The molecule has 1 spiro atoms. The second-order valence-electron chi connectivity index (χ2n) is 6.64. The first-order chi connectivity index (χ1) is 8.35. The van der Waals surface area contributed by atoms with E-state index < -0.39 is 0 Å². The maximum absolute atomic E-state index is 12.5. The van der Waals surface area contributed by atoms with Crippen molar-refractivity contribution >= 4 is 5.91 Å². The lowest BCUT2D eigenvalue weighted by molar-refractivity contribution is -0.131. The Balaban J connectivity index is 2.05. The highest BCUT2D eigenvalue weighted by molar-refractivity contribution is 5.91. The molecule has 4 nitrogen and oxygen atoms in total. The topological polar surface area (TPSA) is 35.6 Å². The van der Waals surface area contributed by atoms with Crippen LogP contribution < -0.4 is 5.32 Å². The van der Waals surface area contributed by atoms with Gasteiger partial charge in [0.2, 0.25) is 5.91 Å². The van der Waals surface area contributed by atoms with E-state index in [0.29, 0.717) is 17.9 Å². The standard InChI is InChI=1S/C14H27N3O/c1-10(2)8-12-15-14(6-7-14)13(18)17(12)9-11(3)16(4)5/h10-12,15H,6-9H2,1-5H3. The van der Waals surface area contributed by atoms with E-state index in [2.05, 4.69) is 50.0 Å². The normalized spacial score (nSPS) is 27.6. The van der Waals surface area contributed by atoms with Crippen LogP contribution in [-0.4, -0.2) is 54.1 Å². The van der Waals surface area contributed by atoms with E-state index >= 15 is 0 Å². The van der Waals surface area contributed by atoms with E-state index in [1.807, 2.05) is 0 Å². The highest BCUT2D eigenvalue weighted by Crippen LogP contribution is 2.43. The van der Waals surface area contributed by atoms with Crippen molar-refractivity contribution in [2.24, 2.45) is 5.92 Å². The number of carbonyl (C=O) groups is 1. The molecule has 1 saturated heterocycles. The number of hydrogen-bond donors (Lipinski definition) is 1. The van der Waals surface area contributed by atoms with Crippen LogP contribution in [0.2, 0.25) is 0 Å². The first-order valence-corrected chi connectivity index (χ1v) is 7.11. The summed E-state index contributed by atoms with van der Waals surface area (Å²) in [5.41, 5.74) is -0.175. The van der Waals surface area contributed by atoms with Crippen LogP contribution in [0.4, 0.5) is 0 Å². The van der Waals surface area contributed by atoms with Crippen molar-refractivity contribution in [2.75, 3.05) is 20.6 Å². The van der Waals surface area contributed by atoms with E-state index in [1.165, 1.54) is 0 Å². The minimum Gasteiger partial charge on any atom is -0.324 e. The predicted molar refractivity (Wildman–Crippen MR) is 73.2 cm³/mol. The van der Waals surface area contributed by atoms with Gasteiger partial charge in [0.1, 0.15) is 0 Å². The van der Waals surface area contributed by atoms with Crippen molar-refractivity contribution in [3.05, 3.63) is 0 Å². The van der Waals surface area contributed by atoms with Crippen LogP contribution in [0.5, 0.6) is 0 Å². The van der Waals surface area contributed by atoms with Gasteiger partial charge in [0.25, 0.3) is 0 Å². The Morgan fingerprint density at radius 2 is 2.00 bits per heavy atom. The van der Waals surface area contributed by atoms with Gasteiger partial charge >= 0.3 is 0 Å². The zero-order valence-electron chi connectivity index (χ0n) is 12.4. The summed E-state index contributed by atoms with van der Waals surface area (Å²) in [6.45, 7) is 7.45. The molecule has 18 heavy (non-hydrogen) atoms. The van der Waals surface area contributed by atoms with Crippen molar-refractivity contribution in [1.82, 2.24) is 15.1 Å². The van der Waals surface area contributed by atoms with Crippen molar-refractivity contribution < 1.29 is 4.79 Å². The van der Waals surface area contributed by atoms with Crippen LogP contribution in [0.15, 0.2) is 0 Å². The second kappa shape index (κ2) is 4.82. The summed E-state index contributed by atoms with van der Waals surface area (Å²) >= 11 is 0. The Kier molecular flexibility index (Phi) is 3.70. The molecule has 2 fully saturated rings. The Hall–Kier alpha value is -0.610. The zero-order valence-corrected chi connectivity index (χ0v) is 12.4. The molecule has 1 heterocycles. The van der Waals surface area contributed by atoms with Crippen LogP contribution in [0.3, 0.4) is 0 Å².